The van der Waals surface area contributed by atoms with Crippen LogP contribution >= 0.6 is 0 Å². The molecule has 0 spiro atoms. The van der Waals surface area contributed by atoms with Crippen LogP contribution < -0.4 is 5.32 Å². The normalized spacial score (nSPS) is 12.3. The molecule has 0 radical (unpaired) electrons. The first kappa shape index (κ1) is 14.5. The minimum atomic E-state index is -0.148. The number of esters is 1. The van der Waals surface area contributed by atoms with E-state index in [2.05, 4.69) is 48.6 Å². The van der Waals surface area contributed by atoms with E-state index in [-0.39, 0.29) is 12.0 Å². The Bertz CT molecular complexity index is 575. The van der Waals surface area contributed by atoms with E-state index in [1.54, 1.807) is 0 Å². The quantitative estimate of drug-likeness (QED) is 0.818. The van der Waals surface area contributed by atoms with Crippen molar-refractivity contribution in [2.24, 2.45) is 0 Å². The summed E-state index contributed by atoms with van der Waals surface area (Å²) in [5.41, 5.74) is 1.26. The number of nitrogens with one attached hydrogen (secondary N) is 1. The van der Waals surface area contributed by atoms with Crippen molar-refractivity contribution in [3.8, 4) is 0 Å². The largest absolute Gasteiger partial charge is 0.466 e. The lowest BCUT2D eigenvalue weighted by Gasteiger charge is -2.16. The summed E-state index contributed by atoms with van der Waals surface area (Å²) in [6.45, 7) is 5.01. The maximum absolute atomic E-state index is 11.3. The van der Waals surface area contributed by atoms with Crippen LogP contribution in [0.15, 0.2) is 42.5 Å². The molecule has 0 fully saturated rings. The number of fused-ring (bicyclic) bond motifs is 1. The summed E-state index contributed by atoms with van der Waals surface area (Å²) >= 11 is 0. The fraction of sp³-hybridized carbons (Fsp3) is 0.353. The molecular weight excluding hydrogens is 250 g/mol. The Kier molecular flexibility index (Phi) is 5.13. The molecule has 2 aromatic carbocycles. The lowest BCUT2D eigenvalue weighted by Crippen LogP contribution is -2.22. The summed E-state index contributed by atoms with van der Waals surface area (Å²) in [6.07, 6.45) is 0.406. The van der Waals surface area contributed by atoms with Crippen molar-refractivity contribution in [1.29, 1.82) is 0 Å². The number of hydrogen-bond donors (Lipinski definition) is 1. The molecule has 0 bridgehead atoms. The van der Waals surface area contributed by atoms with Crippen LogP contribution in [0.25, 0.3) is 10.8 Å². The molecule has 0 aromatic heterocycles. The third-order valence-corrected chi connectivity index (χ3v) is 3.37. The molecule has 0 aliphatic carbocycles. The van der Waals surface area contributed by atoms with Gasteiger partial charge in [-0.3, -0.25) is 4.79 Å². The Labute approximate surface area is 119 Å². The lowest BCUT2D eigenvalue weighted by molar-refractivity contribution is -0.143. The number of rotatable bonds is 6. The van der Waals surface area contributed by atoms with Crippen molar-refractivity contribution < 1.29 is 9.53 Å². The fourth-order valence-corrected chi connectivity index (χ4v) is 2.36. The molecule has 3 heteroatoms. The van der Waals surface area contributed by atoms with Gasteiger partial charge in [-0.2, -0.15) is 0 Å². The third kappa shape index (κ3) is 3.58. The topological polar surface area (TPSA) is 38.3 Å². The molecule has 1 N–H and O–H groups in total. The van der Waals surface area contributed by atoms with Crippen LogP contribution in [0.5, 0.6) is 0 Å². The lowest BCUT2D eigenvalue weighted by atomic mass is 10.00. The van der Waals surface area contributed by atoms with Gasteiger partial charge < -0.3 is 10.1 Å². The average Bonchev–Trinajstić information content (AvgIpc) is 2.47. The van der Waals surface area contributed by atoms with Crippen LogP contribution in [0.3, 0.4) is 0 Å². The molecule has 20 heavy (non-hydrogen) atoms. The van der Waals surface area contributed by atoms with Crippen LogP contribution in [0.2, 0.25) is 0 Å². The van der Waals surface area contributed by atoms with Gasteiger partial charge in [-0.1, -0.05) is 42.5 Å². The minimum Gasteiger partial charge on any atom is -0.466 e. The van der Waals surface area contributed by atoms with E-state index in [1.165, 1.54) is 16.3 Å². The summed E-state index contributed by atoms with van der Waals surface area (Å²) in [5, 5.41) is 5.88. The molecule has 0 heterocycles. The predicted octanol–water partition coefficient (Wildman–Crippen LogP) is 3.44. The van der Waals surface area contributed by atoms with E-state index in [1.807, 2.05) is 13.0 Å². The zero-order valence-corrected chi connectivity index (χ0v) is 12.1. The summed E-state index contributed by atoms with van der Waals surface area (Å²) in [7, 11) is 0. The number of benzene rings is 2. The van der Waals surface area contributed by atoms with Crippen molar-refractivity contribution in [1.82, 2.24) is 5.32 Å². The third-order valence-electron chi connectivity index (χ3n) is 3.37. The second-order valence-corrected chi connectivity index (χ2v) is 4.80. The summed E-state index contributed by atoms with van der Waals surface area (Å²) < 4.78 is 4.92. The Hall–Kier alpha value is -1.87. The minimum absolute atomic E-state index is 0.148. The van der Waals surface area contributed by atoms with Gasteiger partial charge >= 0.3 is 5.97 Å². The number of carbonyl (C=O) groups is 1. The van der Waals surface area contributed by atoms with E-state index in [0.717, 1.165) is 0 Å². The van der Waals surface area contributed by atoms with Crippen molar-refractivity contribution in [3.63, 3.8) is 0 Å². The summed E-state index contributed by atoms with van der Waals surface area (Å²) in [6, 6.07) is 14.9. The van der Waals surface area contributed by atoms with E-state index in [0.29, 0.717) is 19.6 Å². The Morgan fingerprint density at radius 3 is 2.75 bits per heavy atom. The Morgan fingerprint density at radius 2 is 1.95 bits per heavy atom. The molecule has 106 valence electrons. The summed E-state index contributed by atoms with van der Waals surface area (Å²) in [5.74, 6) is -0.148. The van der Waals surface area contributed by atoms with Gasteiger partial charge in [0.2, 0.25) is 0 Å². The van der Waals surface area contributed by atoms with Gasteiger partial charge in [-0.15, -0.1) is 0 Å². The number of hydrogen-bond acceptors (Lipinski definition) is 3. The van der Waals surface area contributed by atoms with Gasteiger partial charge in [0, 0.05) is 12.6 Å². The second-order valence-electron chi connectivity index (χ2n) is 4.80. The molecule has 0 saturated heterocycles. The molecule has 0 aliphatic rings. The molecule has 1 atom stereocenters. The maximum atomic E-state index is 11.3. The van der Waals surface area contributed by atoms with Crippen LogP contribution in [0.4, 0.5) is 0 Å². The highest BCUT2D eigenvalue weighted by Crippen LogP contribution is 2.23. The fourth-order valence-electron chi connectivity index (χ4n) is 2.36. The van der Waals surface area contributed by atoms with Gasteiger partial charge in [0.05, 0.1) is 13.0 Å². The highest BCUT2D eigenvalue weighted by Gasteiger charge is 2.09. The van der Waals surface area contributed by atoms with Crippen molar-refractivity contribution in [2.75, 3.05) is 13.2 Å². The predicted molar refractivity (Wildman–Crippen MR) is 81.6 cm³/mol. The molecule has 3 nitrogen and oxygen atoms in total. The number of ether oxygens (including phenoxy) is 1. The van der Waals surface area contributed by atoms with Crippen LogP contribution in [-0.2, 0) is 9.53 Å². The van der Waals surface area contributed by atoms with Crippen molar-refractivity contribution in [2.45, 2.75) is 26.3 Å². The van der Waals surface area contributed by atoms with Crippen LogP contribution in [0.1, 0.15) is 31.9 Å². The standard InChI is InChI=1S/C17H21NO2/c1-3-20-17(19)11-12-18-13(2)15-10-6-8-14-7-4-5-9-16(14)15/h4-10,13,18H,3,11-12H2,1-2H3. The van der Waals surface area contributed by atoms with Gasteiger partial charge in [0.25, 0.3) is 0 Å². The second kappa shape index (κ2) is 7.06. The molecule has 2 rings (SSSR count). The van der Waals surface area contributed by atoms with Crippen molar-refractivity contribution in [3.05, 3.63) is 48.0 Å². The van der Waals surface area contributed by atoms with Crippen LogP contribution in [0, 0.1) is 0 Å². The highest BCUT2D eigenvalue weighted by molar-refractivity contribution is 5.86. The summed E-state index contributed by atoms with van der Waals surface area (Å²) in [4.78, 5) is 11.3. The van der Waals surface area contributed by atoms with Gasteiger partial charge in [0.15, 0.2) is 0 Å². The van der Waals surface area contributed by atoms with E-state index >= 15 is 0 Å². The monoisotopic (exact) mass is 271 g/mol. The average molecular weight is 271 g/mol. The first-order chi connectivity index (χ1) is 9.72. The maximum Gasteiger partial charge on any atom is 0.307 e. The molecular formula is C17H21NO2. The van der Waals surface area contributed by atoms with E-state index in [4.69, 9.17) is 4.74 Å². The van der Waals surface area contributed by atoms with Gasteiger partial charge in [-0.25, -0.2) is 0 Å². The molecule has 1 unspecified atom stereocenters. The smallest absolute Gasteiger partial charge is 0.307 e. The van der Waals surface area contributed by atoms with Gasteiger partial charge in [-0.05, 0) is 30.2 Å². The zero-order chi connectivity index (χ0) is 14.4. The van der Waals surface area contributed by atoms with Crippen molar-refractivity contribution >= 4 is 16.7 Å². The van der Waals surface area contributed by atoms with Gasteiger partial charge in [0.1, 0.15) is 0 Å². The highest BCUT2D eigenvalue weighted by atomic mass is 16.5. The molecule has 2 aromatic rings. The Balaban J connectivity index is 2.01. The molecule has 0 saturated carbocycles. The number of carbonyl (C=O) groups excluding carboxylic acids is 1. The first-order valence-corrected chi connectivity index (χ1v) is 7.09. The zero-order valence-electron chi connectivity index (χ0n) is 12.1. The first-order valence-electron chi connectivity index (χ1n) is 7.09. The van der Waals surface area contributed by atoms with Crippen LogP contribution in [-0.4, -0.2) is 19.1 Å². The van der Waals surface area contributed by atoms with E-state index in [9.17, 15) is 4.79 Å². The molecule has 0 aliphatic heterocycles. The Morgan fingerprint density at radius 1 is 1.20 bits per heavy atom. The molecule has 0 amide bonds. The SMILES string of the molecule is CCOC(=O)CCNC(C)c1cccc2ccccc12. The van der Waals surface area contributed by atoms with E-state index < -0.39 is 0 Å².